The molecule has 20 N–H and O–H groups in total. The first-order chi connectivity index (χ1) is 55.6. The average molecular weight is 1690 g/mol. The third-order valence-corrected chi connectivity index (χ3v) is 28.4. The van der Waals surface area contributed by atoms with E-state index < -0.39 is 317 Å². The van der Waals surface area contributed by atoms with E-state index in [2.05, 4.69) is 6.92 Å². The summed E-state index contributed by atoms with van der Waals surface area (Å²) in [6.07, 6.45) is -53.1. The molecular formula is C79H118O39. The zero-order valence-corrected chi connectivity index (χ0v) is 66.8. The highest BCUT2D eigenvalue weighted by Gasteiger charge is 2.74. The van der Waals surface area contributed by atoms with Gasteiger partial charge < -0.3 is 178 Å². The standard InChI is InChI=1S/C79H118O39/c1-32-56(112-65-54(96)58(40(86)28-105-65)113-66-52(94)49(91)47(89)41(25-80)109-66)59(114-70-62(98)79(102,30-83)31-106-70)55(97)68(107-32)116-61-60(115-64-51(93)46(88)39(85)27-104-64)57(111-45(87)16-11-34-9-12-35(103-8)13-10-34)33(2)108-69(61)118-72(101)77-20-19-73(3,4)23-37(77)36-14-15-43-74(5)24-38(84)63(117-67-53(95)50(92)48(90)42(26-81)110-67)76(7,71(99)100)44(74)17-18-75(43,6)78(36,29-82)22-21-77/h9-14,16,32-33,37-44,46-70,80-86,88-98,102H,15,17-31H2,1-8H3,(H,99,100)/t32-,33+,37-,38-,39-,40+,41+,42+,43+,44+,46-,47-,48+,49-,50-,51+,52+,53+,54+,55+,56-,57-,58-,59-,60-,61+,62-,63-,64-,65-,66-,67-,68-,69-,70-,74+,75+,76-,77-,78-,79+/m0/s1. The molecule has 118 heavy (non-hydrogen) atoms. The number of allylic oxidation sites excluding steroid dienone is 1. The number of ether oxygens (including phenoxy) is 16. The third-order valence-electron chi connectivity index (χ3n) is 28.4. The van der Waals surface area contributed by atoms with Crippen LogP contribution in [0.25, 0.3) is 6.08 Å². The van der Waals surface area contributed by atoms with E-state index in [1.807, 2.05) is 26.8 Å². The molecule has 0 unspecified atom stereocenters. The van der Waals surface area contributed by atoms with E-state index in [-0.39, 0.29) is 38.5 Å². The van der Waals surface area contributed by atoms with Gasteiger partial charge in [-0.3, -0.25) is 9.59 Å². The van der Waals surface area contributed by atoms with Crippen molar-refractivity contribution < 1.29 is 192 Å². The van der Waals surface area contributed by atoms with Crippen LogP contribution < -0.4 is 4.74 Å². The molecule has 13 rings (SSSR count). The van der Waals surface area contributed by atoms with Gasteiger partial charge in [-0.1, -0.05) is 51.5 Å². The lowest BCUT2D eigenvalue weighted by Crippen LogP contribution is -2.71. The number of aliphatic hydroxyl groups excluding tert-OH is 18. The van der Waals surface area contributed by atoms with E-state index in [4.69, 9.17) is 75.8 Å². The molecule has 1 aromatic rings. The van der Waals surface area contributed by atoms with Crippen LogP contribution in [0.4, 0.5) is 0 Å². The summed E-state index contributed by atoms with van der Waals surface area (Å²) in [5.41, 5.74) is -8.11. The lowest BCUT2D eigenvalue weighted by molar-refractivity contribution is -0.397. The van der Waals surface area contributed by atoms with Gasteiger partial charge in [-0.05, 0) is 136 Å². The highest BCUT2D eigenvalue weighted by atomic mass is 16.8. The molecule has 1 aromatic carbocycles. The van der Waals surface area contributed by atoms with Crippen LogP contribution in [0, 0.1) is 50.2 Å². The van der Waals surface area contributed by atoms with Gasteiger partial charge in [-0.2, -0.15) is 0 Å². The van der Waals surface area contributed by atoms with Gasteiger partial charge >= 0.3 is 17.9 Å². The molecule has 7 heterocycles. The van der Waals surface area contributed by atoms with Crippen molar-refractivity contribution in [3.63, 3.8) is 0 Å². The summed E-state index contributed by atoms with van der Waals surface area (Å²) in [5.74, 6) is -4.73. The second kappa shape index (κ2) is 35.2. The van der Waals surface area contributed by atoms with E-state index in [0.29, 0.717) is 30.6 Å². The lowest BCUT2D eigenvalue weighted by Gasteiger charge is -2.71. The number of benzene rings is 1. The SMILES string of the molecule is COc1ccc(C=CC(=O)O[C@@H]2[C@H](O[C@@H]3OC[C@H](O)[C@H](O)[C@H]3O)[C@@H](O[C@@H]3O[C@@H](C)[C@H](O[C@@H]4OC[C@@H](O)[C@H](O[C@@H]5O[C@H](CO)[C@H](O)[C@H](O)[C@H]5O)[C@H]4O)[C@@H](O[C@@H]4OC[C@](O)(CO)[C@H]4O)[C@H]3O)[C@H](OC(=O)[C@]34CCC(C)(C)C[C@H]3C3=CC[C@@H]5[C@@]6(C)C[C@H](O)[C@H](O[C@@H]7O[C@H](CO)[C@@H](O)[C@H](O)[C@H]7O)[C@@](C)(C(=O)O)[C@@H]6CC[C@@]5(C)[C@]3(CO)CC4)O[C@@H]2C)cc1. The van der Waals surface area contributed by atoms with Gasteiger partial charge in [0.15, 0.2) is 49.9 Å². The average Bonchev–Trinajstić information content (AvgIpc) is 0.710. The monoisotopic (exact) mass is 1690 g/mol. The highest BCUT2D eigenvalue weighted by Crippen LogP contribution is 2.76. The summed E-state index contributed by atoms with van der Waals surface area (Å²) in [4.78, 5) is 45.1. The van der Waals surface area contributed by atoms with Gasteiger partial charge in [0.25, 0.3) is 0 Å². The summed E-state index contributed by atoms with van der Waals surface area (Å²) < 4.78 is 98.4. The number of methoxy groups -OCH3 is 1. The maximum Gasteiger partial charge on any atom is 0.331 e. The predicted octanol–water partition coefficient (Wildman–Crippen LogP) is -5.31. The van der Waals surface area contributed by atoms with E-state index in [0.717, 1.165) is 11.6 Å². The Bertz CT molecular complexity index is 3690. The summed E-state index contributed by atoms with van der Waals surface area (Å²) >= 11 is 0. The molecule has 0 spiro atoms. The second-order valence-corrected chi connectivity index (χ2v) is 35.8. The number of aliphatic hydroxyl groups is 19. The number of rotatable bonds is 23. The largest absolute Gasteiger partial charge is 0.497 e. The number of esters is 2. The van der Waals surface area contributed by atoms with Crippen molar-refractivity contribution >= 4 is 24.0 Å². The Morgan fingerprint density at radius 2 is 1.07 bits per heavy atom. The van der Waals surface area contributed by atoms with Crippen LogP contribution in [0.15, 0.2) is 42.0 Å². The number of carboxylic acid groups (broad SMARTS) is 1. The van der Waals surface area contributed by atoms with Crippen molar-refractivity contribution in [1.29, 1.82) is 0 Å². The lowest BCUT2D eigenvalue weighted by atomic mass is 9.33. The van der Waals surface area contributed by atoms with Crippen LogP contribution in [0.2, 0.25) is 0 Å². The van der Waals surface area contributed by atoms with E-state index in [1.165, 1.54) is 34.0 Å². The molecule has 0 amide bonds. The molecule has 0 bridgehead atoms. The molecule has 7 aliphatic heterocycles. The number of hydrogen-bond donors (Lipinski definition) is 20. The quantitative estimate of drug-likeness (QED) is 0.0211. The van der Waals surface area contributed by atoms with Gasteiger partial charge in [0.1, 0.15) is 133 Å². The minimum atomic E-state index is -2.37. The van der Waals surface area contributed by atoms with Crippen LogP contribution in [0.1, 0.15) is 112 Å². The van der Waals surface area contributed by atoms with Crippen LogP contribution in [0.3, 0.4) is 0 Å². The third kappa shape index (κ3) is 16.2. The summed E-state index contributed by atoms with van der Waals surface area (Å²) in [5, 5.41) is 224. The van der Waals surface area contributed by atoms with Gasteiger partial charge in [-0.15, -0.1) is 0 Å². The molecule has 668 valence electrons. The number of carboxylic acids is 1. The molecule has 4 saturated carbocycles. The number of carbonyl (C=O) groups is 3. The Morgan fingerprint density at radius 1 is 0.517 bits per heavy atom. The Morgan fingerprint density at radius 3 is 1.68 bits per heavy atom. The topological polar surface area (TPSA) is 603 Å². The molecule has 7 saturated heterocycles. The van der Waals surface area contributed by atoms with Crippen molar-refractivity contribution in [2.24, 2.45) is 50.2 Å². The second-order valence-electron chi connectivity index (χ2n) is 35.8. The van der Waals surface area contributed by atoms with Crippen molar-refractivity contribution in [2.45, 2.75) is 308 Å². The van der Waals surface area contributed by atoms with E-state index in [9.17, 15) is 112 Å². The van der Waals surface area contributed by atoms with E-state index in [1.54, 1.807) is 24.3 Å². The van der Waals surface area contributed by atoms with Crippen LogP contribution in [-0.2, 0) is 85.4 Å². The molecule has 12 aliphatic rings. The first kappa shape index (κ1) is 91.3. The Kier molecular flexibility index (Phi) is 27.3. The van der Waals surface area contributed by atoms with E-state index >= 15 is 4.79 Å². The molecule has 5 aliphatic carbocycles. The van der Waals surface area contributed by atoms with Gasteiger partial charge in [-0.25, -0.2) is 4.79 Å². The smallest absolute Gasteiger partial charge is 0.331 e. The van der Waals surface area contributed by atoms with Crippen molar-refractivity contribution in [3.05, 3.63) is 47.6 Å². The summed E-state index contributed by atoms with van der Waals surface area (Å²) in [7, 11) is 1.47. The first-order valence-electron chi connectivity index (χ1n) is 40.4. The molecular weight excluding hydrogens is 1570 g/mol. The maximum atomic E-state index is 16.6. The van der Waals surface area contributed by atoms with Crippen molar-refractivity contribution in [2.75, 3.05) is 53.4 Å². The summed E-state index contributed by atoms with van der Waals surface area (Å²) in [6, 6.07) is 6.56. The zero-order chi connectivity index (χ0) is 85.7. The Labute approximate surface area is 679 Å². The fourth-order valence-electron chi connectivity index (χ4n) is 21.4. The maximum absolute atomic E-state index is 16.6. The highest BCUT2D eigenvalue weighted by molar-refractivity contribution is 5.87. The molecule has 39 nitrogen and oxygen atoms in total. The minimum Gasteiger partial charge on any atom is -0.497 e. The number of hydrogen-bond acceptors (Lipinski definition) is 38. The molecule has 0 radical (unpaired) electrons. The normalized spacial score (nSPS) is 50.2. The Balaban J connectivity index is 0.853. The minimum absolute atomic E-state index is 0.0378. The number of fused-ring (bicyclic) bond motifs is 7. The fourth-order valence-corrected chi connectivity index (χ4v) is 21.4. The van der Waals surface area contributed by atoms with Gasteiger partial charge in [0.2, 0.25) is 6.29 Å². The molecule has 39 heteroatoms. The Hall–Kier alpha value is -4.37. The molecule has 11 fully saturated rings. The van der Waals surface area contributed by atoms with Crippen LogP contribution in [-0.4, -0.2) is 376 Å². The fraction of sp³-hybridized carbons (Fsp3) is 0.835. The van der Waals surface area contributed by atoms with Crippen LogP contribution >= 0.6 is 0 Å². The van der Waals surface area contributed by atoms with Crippen molar-refractivity contribution in [3.8, 4) is 5.75 Å². The predicted molar refractivity (Wildman–Crippen MR) is 391 cm³/mol. The first-order valence-corrected chi connectivity index (χ1v) is 40.4. The number of carbonyl (C=O) groups excluding carboxylic acids is 2. The summed E-state index contributed by atoms with van der Waals surface area (Å²) in [6.45, 7) is 7.00. The van der Waals surface area contributed by atoms with Gasteiger partial charge in [0, 0.05) is 11.5 Å². The zero-order valence-electron chi connectivity index (χ0n) is 66.8. The molecule has 41 atom stereocenters. The van der Waals surface area contributed by atoms with Crippen LogP contribution in [0.5, 0.6) is 5.75 Å². The van der Waals surface area contributed by atoms with Crippen molar-refractivity contribution in [1.82, 2.24) is 0 Å². The molecule has 0 aromatic heterocycles. The number of aliphatic carboxylic acids is 1. The van der Waals surface area contributed by atoms with Gasteiger partial charge in [0.05, 0.1) is 82.5 Å².